The zero-order valence-electron chi connectivity index (χ0n) is 70.2. The second-order valence-corrected chi connectivity index (χ2v) is 52.1. The van der Waals surface area contributed by atoms with Crippen LogP contribution in [0.3, 0.4) is 0 Å². The van der Waals surface area contributed by atoms with Crippen molar-refractivity contribution >= 4 is 282 Å². The van der Waals surface area contributed by atoms with Gasteiger partial charge in [-0.3, -0.25) is 0 Å². The van der Waals surface area contributed by atoms with E-state index in [2.05, 4.69) is 330 Å². The second-order valence-electron chi connectivity index (χ2n) is 35.3. The molecule has 33 rings (SSSR count). The van der Waals surface area contributed by atoms with Gasteiger partial charge >= 0.3 is 0 Å². The molecule has 22 heteroatoms. The molecular formula is C112H62N8O6P4S4. The molecule has 0 saturated carbocycles. The van der Waals surface area contributed by atoms with Crippen molar-refractivity contribution in [1.82, 2.24) is 0 Å². The van der Waals surface area contributed by atoms with Crippen LogP contribution in [0.2, 0.25) is 0 Å². The minimum atomic E-state index is -2.95. The summed E-state index contributed by atoms with van der Waals surface area (Å²) in [6, 6.07) is 123. The van der Waals surface area contributed by atoms with Crippen molar-refractivity contribution in [2.24, 2.45) is 0 Å². The number of hydrogen-bond donors (Lipinski definition) is 0. The van der Waals surface area contributed by atoms with E-state index in [1.165, 1.54) is 31.8 Å². The summed E-state index contributed by atoms with van der Waals surface area (Å²) in [7, 11) is 0. The van der Waals surface area contributed by atoms with Crippen LogP contribution in [-0.2, 0) is 47.2 Å². The Morgan fingerprint density at radius 2 is 0.373 bits per heavy atom. The summed E-state index contributed by atoms with van der Waals surface area (Å²) in [5.41, 5.74) is 25.4. The van der Waals surface area contributed by atoms with Gasteiger partial charge in [0.2, 0.25) is 0 Å². The largest absolute Gasteiger partial charge is 0.453 e. The van der Waals surface area contributed by atoms with Gasteiger partial charge in [-0.05, 0) is 206 Å². The van der Waals surface area contributed by atoms with Crippen LogP contribution in [0.1, 0.15) is 0 Å². The number of para-hydroxylation sites is 10. The molecule has 0 radical (unpaired) electrons. The Morgan fingerprint density at radius 1 is 0.149 bits per heavy atom. The van der Waals surface area contributed by atoms with Crippen molar-refractivity contribution in [1.29, 1.82) is 0 Å². The van der Waals surface area contributed by atoms with Crippen LogP contribution in [0.5, 0.6) is 69.0 Å². The first kappa shape index (κ1) is 73.9. The lowest BCUT2D eigenvalue weighted by molar-refractivity contribution is 0.397. The first-order chi connectivity index (χ1) is 66.1. The van der Waals surface area contributed by atoms with Gasteiger partial charge in [-0.2, -0.15) is 0 Å². The minimum Gasteiger partial charge on any atom is -0.453 e. The highest BCUT2D eigenvalue weighted by molar-refractivity contribution is 8.28. The molecule has 0 aromatic heterocycles. The zero-order chi connectivity index (χ0) is 87.6. The van der Waals surface area contributed by atoms with Gasteiger partial charge < -0.3 is 67.6 Å². The molecule has 0 fully saturated rings. The quantitative estimate of drug-likeness (QED) is 0.148. The van der Waals surface area contributed by atoms with Crippen molar-refractivity contribution in [3.05, 3.63) is 376 Å². The molecule has 134 heavy (non-hydrogen) atoms. The summed E-state index contributed by atoms with van der Waals surface area (Å²) < 4.78 is 41.6. The molecule has 630 valence electrons. The van der Waals surface area contributed by atoms with Crippen molar-refractivity contribution in [3.8, 4) is 69.0 Å². The predicted octanol–water partition coefficient (Wildman–Crippen LogP) is 26.4. The molecule has 0 N–H and O–H groups in total. The summed E-state index contributed by atoms with van der Waals surface area (Å²) in [5, 5.41) is 14.9. The summed E-state index contributed by atoms with van der Waals surface area (Å²) in [5.74, 6) is 7.94. The molecule has 0 aliphatic carbocycles. The molecule has 4 unspecified atom stereocenters. The summed E-state index contributed by atoms with van der Waals surface area (Å²) >= 11 is 30.0. The fourth-order valence-corrected chi connectivity index (χ4v) is 44.6. The van der Waals surface area contributed by atoms with Crippen molar-refractivity contribution < 1.29 is 28.4 Å². The molecule has 19 aromatic rings. The fourth-order valence-electron chi connectivity index (χ4n) is 24.0. The van der Waals surface area contributed by atoms with Crippen molar-refractivity contribution in [3.63, 3.8) is 0 Å². The van der Waals surface area contributed by atoms with Gasteiger partial charge in [-0.1, -0.05) is 217 Å². The monoisotopic (exact) mass is 1870 g/mol. The van der Waals surface area contributed by atoms with Gasteiger partial charge in [0, 0.05) is 76.7 Å². The first-order valence-electron chi connectivity index (χ1n) is 44.5. The highest BCUT2D eigenvalue weighted by atomic mass is 32.5. The lowest BCUT2D eigenvalue weighted by Gasteiger charge is -2.53. The molecule has 14 nitrogen and oxygen atoms in total. The van der Waals surface area contributed by atoms with Crippen LogP contribution < -0.4 is 131 Å². The number of ether oxygens (including phenoxy) is 6. The summed E-state index contributed by atoms with van der Waals surface area (Å²) in [6.07, 6.45) is 0. The molecular weight excluding hydrogens is 1810 g/mol. The van der Waals surface area contributed by atoms with E-state index in [1.807, 2.05) is 84.9 Å². The van der Waals surface area contributed by atoms with Gasteiger partial charge in [-0.25, -0.2) is 0 Å². The van der Waals surface area contributed by atoms with E-state index in [1.54, 1.807) is 0 Å². The van der Waals surface area contributed by atoms with E-state index in [-0.39, 0.29) is 0 Å². The van der Waals surface area contributed by atoms with E-state index in [0.29, 0.717) is 46.0 Å². The molecule has 14 aliphatic heterocycles. The fraction of sp³-hybridized carbons (Fsp3) is 0. The number of hydrogen-bond acceptors (Lipinski definition) is 18. The minimum absolute atomic E-state index is 0.548. The van der Waals surface area contributed by atoms with E-state index in [0.717, 1.165) is 202 Å². The number of fused-ring (bicyclic) bond motifs is 11. The molecule has 0 saturated heterocycles. The zero-order valence-corrected chi connectivity index (χ0v) is 77.1. The Bertz CT molecular complexity index is 8440. The molecule has 19 aromatic carbocycles. The summed E-state index contributed by atoms with van der Waals surface area (Å²) in [6.45, 7) is 0. The van der Waals surface area contributed by atoms with Gasteiger partial charge in [0.05, 0.1) is 147 Å². The normalized spacial score (nSPS) is 19.1. The number of benzene rings is 19. The Hall–Kier alpha value is -14.8. The average Bonchev–Trinajstić information content (AvgIpc) is 0.588. The number of rotatable bonds is 6. The Kier molecular flexibility index (Phi) is 14.2. The Balaban J connectivity index is 0.000000132. The maximum absolute atomic E-state index is 7.86. The van der Waals surface area contributed by atoms with Crippen molar-refractivity contribution in [2.75, 3.05) is 39.2 Å². The maximum atomic E-state index is 7.86. The van der Waals surface area contributed by atoms with Gasteiger partial charge in [-0.15, -0.1) is 0 Å². The third-order valence-corrected chi connectivity index (χ3v) is 48.2. The molecule has 14 aliphatic rings. The van der Waals surface area contributed by atoms with Crippen LogP contribution >= 0.6 is 24.2 Å². The molecule has 0 amide bonds. The lowest BCUT2D eigenvalue weighted by atomic mass is 9.97. The van der Waals surface area contributed by atoms with Crippen LogP contribution in [0.25, 0.3) is 10.8 Å². The van der Waals surface area contributed by atoms with Gasteiger partial charge in [0.25, 0.3) is 0 Å². The van der Waals surface area contributed by atoms with E-state index in [4.69, 9.17) is 75.6 Å². The molecule has 0 spiro atoms. The van der Waals surface area contributed by atoms with Crippen LogP contribution in [0, 0.1) is 0 Å². The average molecular weight is 1870 g/mol. The maximum Gasteiger partial charge on any atom is 0.183 e. The SMILES string of the molecule is S=P12c3c4cccc3N(c3ccccc3)c3cc5c6c7c(cc5c(c31)N(c1ccccc1)c1cccc(c12)N4c1ccccc1)N(c1ccccc1)c1cccc2c1P7(=S)c1c(cccc1N6c1ccccc1)N2c1ccccc1.S=P12c3c4cccc3N3c5ccccc5Oc5ccc(c1c53)Oc1c3c5c(c(c12)O4)Oc1ccc2c4c1P5(=S)c1c(cccc1N4c1ccccc1O2)O3. The Morgan fingerprint density at radius 3 is 0.687 bits per heavy atom. The Labute approximate surface area is 788 Å². The highest BCUT2D eigenvalue weighted by Gasteiger charge is 2.62. The van der Waals surface area contributed by atoms with E-state index < -0.39 is 24.2 Å². The number of nitrogens with zero attached hydrogens (tertiary/aromatic N) is 8. The highest BCUT2D eigenvalue weighted by Crippen LogP contribution is 2.78. The lowest BCUT2D eigenvalue weighted by Crippen LogP contribution is -2.48. The van der Waals surface area contributed by atoms with Gasteiger partial charge in [0.1, 0.15) is 34.4 Å². The van der Waals surface area contributed by atoms with Crippen LogP contribution in [0.4, 0.5) is 136 Å². The standard InChI is InChI=1S/C70H44N6P2S2.C42H18N2O6P2S2/c79-77-65-53-35-19-39-57(65)73(47-27-11-3-12-28-47)61-43-52-51(63(69(61)77)75(49-31-15-5-16-32-49)59-41-21-37-55(67(59)77)71(53)45-23-7-1-8-24-45)44-62-70-64(52)76(50-33-17-6-18-34-50)60-42-22-38-56-68(60)78(70,80)66-54(72(56)46-25-9-2-10-26-46)36-20-40-58(66)74(62)48-29-13-4-14-30-48;53-51-37-21-9-5-13-27(37)47-33-36-42-34(35(41(33)51)49-29-17-15-25-31(39(29)51)43(21)19-7-1-3-11-23(19)45-25)48-28-14-6-10-22-38(28)52(42,54)40-30(50-36)18-16-26-32(40)44(22)20-8-2-4-12-24(20)46-26/h1-44H;1-18H. The third kappa shape index (κ3) is 8.76. The molecule has 0 bridgehead atoms. The van der Waals surface area contributed by atoms with Gasteiger partial charge in [0.15, 0.2) is 46.0 Å². The third-order valence-electron chi connectivity index (χ3n) is 28.8. The van der Waals surface area contributed by atoms with Crippen LogP contribution in [-0.4, -0.2) is 0 Å². The predicted molar refractivity (Wildman–Crippen MR) is 561 cm³/mol. The first-order valence-corrected chi connectivity index (χ1v) is 55.7. The topological polar surface area (TPSA) is 81.3 Å². The number of anilines is 24. The smallest absolute Gasteiger partial charge is 0.183 e. The molecule has 4 atom stereocenters. The summed E-state index contributed by atoms with van der Waals surface area (Å²) in [4.78, 5) is 19.6. The van der Waals surface area contributed by atoms with Crippen LogP contribution in [0.15, 0.2) is 376 Å². The second kappa shape index (κ2) is 25.7. The van der Waals surface area contributed by atoms with Crippen molar-refractivity contribution in [2.45, 2.75) is 0 Å². The van der Waals surface area contributed by atoms with E-state index in [9.17, 15) is 0 Å². The molecule has 14 heterocycles. The van der Waals surface area contributed by atoms with E-state index >= 15 is 0 Å².